The molecule has 0 aliphatic carbocycles. The van der Waals surface area contributed by atoms with Crippen LogP contribution in [-0.2, 0) is 0 Å². The van der Waals surface area contributed by atoms with Gasteiger partial charge in [0.15, 0.2) is 0 Å². The highest BCUT2D eigenvalue weighted by molar-refractivity contribution is 9.10. The minimum atomic E-state index is 0.495. The number of nitrogens with zero attached hydrogens (tertiary/aromatic N) is 2. The van der Waals surface area contributed by atoms with E-state index in [0.29, 0.717) is 16.7 Å². The number of rotatable bonds is 2. The number of ether oxygens (including phenoxy) is 1. The highest BCUT2D eigenvalue weighted by Crippen LogP contribution is 2.33. The zero-order valence-corrected chi connectivity index (χ0v) is 12.0. The molecule has 3 aromatic rings. The van der Waals surface area contributed by atoms with Crippen molar-refractivity contribution in [2.75, 3.05) is 0 Å². The molecule has 0 aliphatic heterocycles. The van der Waals surface area contributed by atoms with E-state index in [2.05, 4.69) is 25.9 Å². The standard InChI is InChI=1S/C14H8BrClN2O/c15-9-5-6-13(11(16)7-9)19-14-10-3-1-2-4-12(10)17-8-18-14/h1-8H. The molecule has 0 aliphatic rings. The summed E-state index contributed by atoms with van der Waals surface area (Å²) in [5, 5.41) is 1.38. The van der Waals surface area contributed by atoms with Gasteiger partial charge in [0.25, 0.3) is 0 Å². The molecule has 1 heterocycles. The Morgan fingerprint density at radius 1 is 1.05 bits per heavy atom. The van der Waals surface area contributed by atoms with Gasteiger partial charge in [-0.25, -0.2) is 9.97 Å². The molecule has 1 aromatic heterocycles. The lowest BCUT2D eigenvalue weighted by atomic mass is 10.2. The van der Waals surface area contributed by atoms with Crippen LogP contribution >= 0.6 is 27.5 Å². The number of hydrogen-bond donors (Lipinski definition) is 0. The quantitative estimate of drug-likeness (QED) is 0.672. The van der Waals surface area contributed by atoms with Crippen LogP contribution in [0.1, 0.15) is 0 Å². The summed E-state index contributed by atoms with van der Waals surface area (Å²) < 4.78 is 6.67. The first-order valence-electron chi connectivity index (χ1n) is 5.57. The van der Waals surface area contributed by atoms with E-state index in [9.17, 15) is 0 Å². The fourth-order valence-corrected chi connectivity index (χ4v) is 2.44. The normalized spacial score (nSPS) is 10.6. The van der Waals surface area contributed by atoms with Crippen LogP contribution < -0.4 is 4.74 Å². The summed E-state index contributed by atoms with van der Waals surface area (Å²) >= 11 is 9.49. The molecule has 3 rings (SSSR count). The van der Waals surface area contributed by atoms with Crippen LogP contribution in [0, 0.1) is 0 Å². The van der Waals surface area contributed by atoms with Gasteiger partial charge < -0.3 is 4.74 Å². The summed E-state index contributed by atoms with van der Waals surface area (Å²) in [5.74, 6) is 1.06. The average Bonchev–Trinajstić information content (AvgIpc) is 2.42. The van der Waals surface area contributed by atoms with Crippen LogP contribution in [0.3, 0.4) is 0 Å². The van der Waals surface area contributed by atoms with Gasteiger partial charge in [0.05, 0.1) is 15.9 Å². The second-order valence-corrected chi connectivity index (χ2v) is 5.20. The van der Waals surface area contributed by atoms with E-state index < -0.39 is 0 Å². The van der Waals surface area contributed by atoms with Gasteiger partial charge in [-0.05, 0) is 30.3 Å². The molecule has 0 bridgehead atoms. The first kappa shape index (κ1) is 12.4. The van der Waals surface area contributed by atoms with Crippen molar-refractivity contribution in [1.82, 2.24) is 9.97 Å². The van der Waals surface area contributed by atoms with E-state index in [1.165, 1.54) is 6.33 Å². The predicted molar refractivity (Wildman–Crippen MR) is 78.8 cm³/mol. The third-order valence-electron chi connectivity index (χ3n) is 2.61. The summed E-state index contributed by atoms with van der Waals surface area (Å²) in [4.78, 5) is 8.35. The van der Waals surface area contributed by atoms with Crippen LogP contribution in [0.5, 0.6) is 11.6 Å². The van der Waals surface area contributed by atoms with Crippen LogP contribution in [0.4, 0.5) is 0 Å². The Labute approximate surface area is 123 Å². The minimum absolute atomic E-state index is 0.495. The first-order chi connectivity index (χ1) is 9.24. The molecule has 94 valence electrons. The molecule has 0 spiro atoms. The third kappa shape index (κ3) is 2.55. The lowest BCUT2D eigenvalue weighted by Crippen LogP contribution is -1.91. The summed E-state index contributed by atoms with van der Waals surface area (Å²) in [5.41, 5.74) is 0.834. The molecule has 5 heteroatoms. The summed E-state index contributed by atoms with van der Waals surface area (Å²) in [6, 6.07) is 13.1. The molecule has 0 atom stereocenters. The summed E-state index contributed by atoms with van der Waals surface area (Å²) in [7, 11) is 0. The Balaban J connectivity index is 2.06. The van der Waals surface area contributed by atoms with E-state index in [-0.39, 0.29) is 0 Å². The van der Waals surface area contributed by atoms with Crippen molar-refractivity contribution in [3.8, 4) is 11.6 Å². The summed E-state index contributed by atoms with van der Waals surface area (Å²) in [6.07, 6.45) is 1.48. The van der Waals surface area contributed by atoms with E-state index in [1.54, 1.807) is 12.1 Å². The highest BCUT2D eigenvalue weighted by Gasteiger charge is 2.08. The Morgan fingerprint density at radius 3 is 2.74 bits per heavy atom. The smallest absolute Gasteiger partial charge is 0.230 e. The van der Waals surface area contributed by atoms with Crippen molar-refractivity contribution >= 4 is 38.4 Å². The minimum Gasteiger partial charge on any atom is -0.437 e. The Bertz CT molecular complexity index is 743. The van der Waals surface area contributed by atoms with Crippen molar-refractivity contribution in [2.24, 2.45) is 0 Å². The molecular weight excluding hydrogens is 328 g/mol. The van der Waals surface area contributed by atoms with Gasteiger partial charge in [-0.2, -0.15) is 0 Å². The van der Waals surface area contributed by atoms with Crippen molar-refractivity contribution in [1.29, 1.82) is 0 Å². The summed E-state index contributed by atoms with van der Waals surface area (Å²) in [6.45, 7) is 0. The van der Waals surface area contributed by atoms with Crippen molar-refractivity contribution in [2.45, 2.75) is 0 Å². The number of benzene rings is 2. The second-order valence-electron chi connectivity index (χ2n) is 3.87. The molecule has 3 nitrogen and oxygen atoms in total. The SMILES string of the molecule is Clc1cc(Br)ccc1Oc1ncnc2ccccc12. The van der Waals surface area contributed by atoms with Gasteiger partial charge in [-0.3, -0.25) is 0 Å². The van der Waals surface area contributed by atoms with Crippen molar-refractivity contribution < 1.29 is 4.74 Å². The molecule has 0 fully saturated rings. The van der Waals surface area contributed by atoms with Crippen LogP contribution in [-0.4, -0.2) is 9.97 Å². The molecule has 0 radical (unpaired) electrons. The maximum Gasteiger partial charge on any atom is 0.230 e. The number of para-hydroxylation sites is 1. The van der Waals surface area contributed by atoms with Gasteiger partial charge in [-0.15, -0.1) is 0 Å². The molecule has 0 saturated heterocycles. The zero-order chi connectivity index (χ0) is 13.2. The lowest BCUT2D eigenvalue weighted by molar-refractivity contribution is 0.468. The maximum atomic E-state index is 6.13. The number of aromatic nitrogens is 2. The highest BCUT2D eigenvalue weighted by atomic mass is 79.9. The fourth-order valence-electron chi connectivity index (χ4n) is 1.72. The molecule has 19 heavy (non-hydrogen) atoms. The fraction of sp³-hybridized carbons (Fsp3) is 0. The molecule has 0 unspecified atom stereocenters. The van der Waals surface area contributed by atoms with E-state index in [1.807, 2.05) is 30.3 Å². The zero-order valence-electron chi connectivity index (χ0n) is 9.68. The van der Waals surface area contributed by atoms with Gasteiger partial charge in [0.2, 0.25) is 5.88 Å². The lowest BCUT2D eigenvalue weighted by Gasteiger charge is -2.08. The molecule has 2 aromatic carbocycles. The Morgan fingerprint density at radius 2 is 1.89 bits per heavy atom. The van der Waals surface area contributed by atoms with Gasteiger partial charge in [-0.1, -0.05) is 39.7 Å². The van der Waals surface area contributed by atoms with Gasteiger partial charge in [0, 0.05) is 4.47 Å². The van der Waals surface area contributed by atoms with Crippen molar-refractivity contribution in [3.05, 3.63) is 58.3 Å². The van der Waals surface area contributed by atoms with Crippen LogP contribution in [0.2, 0.25) is 5.02 Å². The Kier molecular flexibility index (Phi) is 3.36. The van der Waals surface area contributed by atoms with Gasteiger partial charge >= 0.3 is 0 Å². The van der Waals surface area contributed by atoms with E-state index in [4.69, 9.17) is 16.3 Å². The molecule has 0 amide bonds. The monoisotopic (exact) mass is 334 g/mol. The van der Waals surface area contributed by atoms with Gasteiger partial charge in [0.1, 0.15) is 12.1 Å². The van der Waals surface area contributed by atoms with Crippen LogP contribution in [0.15, 0.2) is 53.3 Å². The first-order valence-corrected chi connectivity index (χ1v) is 6.74. The topological polar surface area (TPSA) is 35.0 Å². The average molecular weight is 336 g/mol. The number of halogens is 2. The maximum absolute atomic E-state index is 6.13. The number of fused-ring (bicyclic) bond motifs is 1. The van der Waals surface area contributed by atoms with E-state index in [0.717, 1.165) is 15.4 Å². The Hall–Kier alpha value is -1.65. The molecular formula is C14H8BrClN2O. The van der Waals surface area contributed by atoms with Crippen molar-refractivity contribution in [3.63, 3.8) is 0 Å². The van der Waals surface area contributed by atoms with Crippen LogP contribution in [0.25, 0.3) is 10.9 Å². The molecule has 0 saturated carbocycles. The van der Waals surface area contributed by atoms with E-state index >= 15 is 0 Å². The predicted octanol–water partition coefficient (Wildman–Crippen LogP) is 4.84. The third-order valence-corrected chi connectivity index (χ3v) is 3.40. The number of hydrogen-bond acceptors (Lipinski definition) is 3. The second kappa shape index (κ2) is 5.15. The largest absolute Gasteiger partial charge is 0.437 e. The molecule has 0 N–H and O–H groups in total.